The Morgan fingerprint density at radius 1 is 1.09 bits per heavy atom. The molecule has 0 spiro atoms. The topological polar surface area (TPSA) is 77.7 Å². The van der Waals surface area contributed by atoms with E-state index in [1.165, 1.54) is 0 Å². The number of amides is 2. The summed E-state index contributed by atoms with van der Waals surface area (Å²) in [6, 6.07) is 13.0. The number of carbonyl (C=O) groups excluding carboxylic acids is 1. The number of nitrogens with one attached hydrogen (secondary N) is 2. The number of fused-ring (bicyclic) bond motifs is 1. The summed E-state index contributed by atoms with van der Waals surface area (Å²) >= 11 is 0. The van der Waals surface area contributed by atoms with Gasteiger partial charge in [-0.15, -0.1) is 0 Å². The fourth-order valence-electron chi connectivity index (χ4n) is 3.81. The van der Waals surface area contributed by atoms with E-state index < -0.39 is 0 Å². The molecule has 32 heavy (non-hydrogen) atoms. The first-order valence-electron chi connectivity index (χ1n) is 10.8. The first-order valence-corrected chi connectivity index (χ1v) is 10.8. The number of carbonyl (C=O) groups is 1. The van der Waals surface area contributed by atoms with E-state index in [-0.39, 0.29) is 18.1 Å². The molecule has 0 radical (unpaired) electrons. The lowest BCUT2D eigenvalue weighted by Gasteiger charge is -2.24. The fourth-order valence-corrected chi connectivity index (χ4v) is 3.81. The Morgan fingerprint density at radius 3 is 2.56 bits per heavy atom. The Balaban J connectivity index is 1.89. The highest BCUT2D eigenvalue weighted by atomic mass is 16.5. The van der Waals surface area contributed by atoms with Crippen molar-refractivity contribution in [3.05, 3.63) is 69.5 Å². The molecule has 0 atom stereocenters. The van der Waals surface area contributed by atoms with Crippen molar-refractivity contribution in [1.29, 1.82) is 0 Å². The van der Waals surface area contributed by atoms with Crippen LogP contribution in [0.1, 0.15) is 23.1 Å². The molecule has 1 aromatic heterocycles. The maximum atomic E-state index is 13.2. The predicted molar refractivity (Wildman–Crippen MR) is 130 cm³/mol. The molecule has 0 saturated carbocycles. The van der Waals surface area contributed by atoms with Crippen molar-refractivity contribution in [3.8, 4) is 5.75 Å². The van der Waals surface area contributed by atoms with Gasteiger partial charge < -0.3 is 24.8 Å². The molecule has 2 amide bonds. The first kappa shape index (κ1) is 23.3. The van der Waals surface area contributed by atoms with Gasteiger partial charge in [0.2, 0.25) is 0 Å². The average Bonchev–Trinajstić information content (AvgIpc) is 2.73. The largest absolute Gasteiger partial charge is 0.495 e. The predicted octanol–water partition coefficient (Wildman–Crippen LogP) is 4.14. The third-order valence-corrected chi connectivity index (χ3v) is 5.42. The molecule has 2 aromatic carbocycles. The zero-order valence-corrected chi connectivity index (χ0v) is 19.5. The number of pyridine rings is 1. The molecule has 0 aliphatic carbocycles. The SMILES string of the molecule is COc1ccccc1NC(=O)N(CCCN(C)C)Cc1cc2c(C)cc(C)cc2[nH]c1=O. The molecule has 2 N–H and O–H groups in total. The molecule has 0 aliphatic heterocycles. The number of methoxy groups -OCH3 is 1. The molecule has 3 rings (SSSR count). The third-order valence-electron chi connectivity index (χ3n) is 5.42. The lowest BCUT2D eigenvalue weighted by atomic mass is 10.0. The molecule has 7 nitrogen and oxygen atoms in total. The molecule has 0 saturated heterocycles. The third kappa shape index (κ3) is 5.68. The van der Waals surface area contributed by atoms with Crippen molar-refractivity contribution < 1.29 is 9.53 Å². The number of anilines is 1. The minimum atomic E-state index is -0.270. The number of benzene rings is 2. The molecule has 7 heteroatoms. The molecule has 3 aromatic rings. The van der Waals surface area contributed by atoms with Crippen LogP contribution in [-0.4, -0.2) is 55.1 Å². The molecular formula is C25H32N4O3. The molecule has 0 aliphatic rings. The lowest BCUT2D eigenvalue weighted by Crippen LogP contribution is -2.37. The number of para-hydroxylation sites is 2. The van der Waals surface area contributed by atoms with Gasteiger partial charge in [0.25, 0.3) is 5.56 Å². The molecule has 0 unspecified atom stereocenters. The van der Waals surface area contributed by atoms with Gasteiger partial charge in [0.15, 0.2) is 0 Å². The molecule has 1 heterocycles. The van der Waals surface area contributed by atoms with Crippen molar-refractivity contribution >= 4 is 22.6 Å². The lowest BCUT2D eigenvalue weighted by molar-refractivity contribution is 0.205. The van der Waals surface area contributed by atoms with Crippen LogP contribution >= 0.6 is 0 Å². The molecule has 0 fully saturated rings. The Labute approximate surface area is 189 Å². The highest BCUT2D eigenvalue weighted by Gasteiger charge is 2.18. The van der Waals surface area contributed by atoms with E-state index in [4.69, 9.17) is 4.74 Å². The number of ether oxygens (including phenoxy) is 1. The summed E-state index contributed by atoms with van der Waals surface area (Å²) in [4.78, 5) is 32.7. The minimum absolute atomic E-state index is 0.176. The van der Waals surface area contributed by atoms with Crippen molar-refractivity contribution in [2.75, 3.05) is 39.6 Å². The van der Waals surface area contributed by atoms with Gasteiger partial charge in [-0.25, -0.2) is 4.79 Å². The Morgan fingerprint density at radius 2 is 1.84 bits per heavy atom. The second kappa shape index (κ2) is 10.3. The van der Waals surface area contributed by atoms with E-state index in [0.717, 1.165) is 35.0 Å². The normalized spacial score (nSPS) is 11.1. The van der Waals surface area contributed by atoms with E-state index >= 15 is 0 Å². The zero-order chi connectivity index (χ0) is 23.3. The number of hydrogen-bond donors (Lipinski definition) is 2. The maximum Gasteiger partial charge on any atom is 0.322 e. The maximum absolute atomic E-state index is 13.2. The van der Waals surface area contributed by atoms with E-state index in [2.05, 4.69) is 21.3 Å². The number of nitrogens with zero attached hydrogens (tertiary/aromatic N) is 2. The van der Waals surface area contributed by atoms with Gasteiger partial charge in [-0.2, -0.15) is 0 Å². The number of H-pyrrole nitrogens is 1. The van der Waals surface area contributed by atoms with Gasteiger partial charge in [0.05, 0.1) is 19.3 Å². The zero-order valence-electron chi connectivity index (χ0n) is 19.5. The van der Waals surface area contributed by atoms with Crippen molar-refractivity contribution in [2.24, 2.45) is 0 Å². The number of aryl methyl sites for hydroxylation is 2. The van der Waals surface area contributed by atoms with E-state index in [1.807, 2.05) is 52.2 Å². The highest BCUT2D eigenvalue weighted by molar-refractivity contribution is 5.91. The van der Waals surface area contributed by atoms with Gasteiger partial charge >= 0.3 is 6.03 Å². The van der Waals surface area contributed by atoms with E-state index in [1.54, 1.807) is 24.1 Å². The van der Waals surface area contributed by atoms with Crippen LogP contribution in [0.3, 0.4) is 0 Å². The number of aromatic amines is 1. The van der Waals surface area contributed by atoms with Gasteiger partial charge in [-0.05, 0) is 76.3 Å². The second-order valence-corrected chi connectivity index (χ2v) is 8.38. The van der Waals surface area contributed by atoms with Crippen molar-refractivity contribution in [3.63, 3.8) is 0 Å². The Hall–Kier alpha value is -3.32. The van der Waals surface area contributed by atoms with Gasteiger partial charge in [0, 0.05) is 23.0 Å². The van der Waals surface area contributed by atoms with E-state index in [0.29, 0.717) is 23.5 Å². The summed E-state index contributed by atoms with van der Waals surface area (Å²) in [6.45, 7) is 5.61. The van der Waals surface area contributed by atoms with E-state index in [9.17, 15) is 9.59 Å². The van der Waals surface area contributed by atoms with Crippen LogP contribution in [-0.2, 0) is 6.54 Å². The van der Waals surface area contributed by atoms with Crippen LogP contribution in [0.15, 0.2) is 47.3 Å². The minimum Gasteiger partial charge on any atom is -0.495 e. The number of rotatable bonds is 8. The summed E-state index contributed by atoms with van der Waals surface area (Å²) in [7, 11) is 5.56. The standard InChI is InChI=1S/C25H32N4O3/c1-17-13-18(2)20-15-19(24(30)26-22(20)14-17)16-29(12-8-11-28(3)4)25(31)27-21-9-6-7-10-23(21)32-5/h6-7,9-10,13-15H,8,11-12,16H2,1-5H3,(H,26,30)(H,27,31). The van der Waals surface area contributed by atoms with Crippen LogP contribution in [0, 0.1) is 13.8 Å². The summed E-state index contributed by atoms with van der Waals surface area (Å²) in [6.07, 6.45) is 0.788. The van der Waals surface area contributed by atoms with Gasteiger partial charge in [0.1, 0.15) is 5.75 Å². The van der Waals surface area contributed by atoms with Crippen LogP contribution in [0.5, 0.6) is 5.75 Å². The number of aromatic nitrogens is 1. The van der Waals surface area contributed by atoms with Crippen LogP contribution in [0.4, 0.5) is 10.5 Å². The monoisotopic (exact) mass is 436 g/mol. The second-order valence-electron chi connectivity index (χ2n) is 8.38. The summed E-state index contributed by atoms with van der Waals surface area (Å²) in [5.41, 5.74) is 3.98. The summed E-state index contributed by atoms with van der Waals surface area (Å²) in [5, 5.41) is 3.92. The molecule has 0 bridgehead atoms. The number of hydrogen-bond acceptors (Lipinski definition) is 4. The van der Waals surface area contributed by atoms with Gasteiger partial charge in [-0.1, -0.05) is 18.2 Å². The van der Waals surface area contributed by atoms with Crippen molar-refractivity contribution in [2.45, 2.75) is 26.8 Å². The smallest absolute Gasteiger partial charge is 0.322 e. The highest BCUT2D eigenvalue weighted by Crippen LogP contribution is 2.24. The first-order chi connectivity index (χ1) is 15.3. The Kier molecular flexibility index (Phi) is 7.53. The molecule has 170 valence electrons. The van der Waals surface area contributed by atoms with Gasteiger partial charge in [-0.3, -0.25) is 4.79 Å². The van der Waals surface area contributed by atoms with Crippen LogP contribution < -0.4 is 15.6 Å². The number of urea groups is 1. The summed E-state index contributed by atoms with van der Waals surface area (Å²) in [5.74, 6) is 0.587. The Bertz CT molecular complexity index is 1150. The summed E-state index contributed by atoms with van der Waals surface area (Å²) < 4.78 is 5.35. The quantitative estimate of drug-likeness (QED) is 0.556. The average molecular weight is 437 g/mol. The van der Waals surface area contributed by atoms with Crippen LogP contribution in [0.2, 0.25) is 0 Å². The molecular weight excluding hydrogens is 404 g/mol. The van der Waals surface area contributed by atoms with Crippen molar-refractivity contribution in [1.82, 2.24) is 14.8 Å². The fraction of sp³-hybridized carbons (Fsp3) is 0.360. The van der Waals surface area contributed by atoms with Crippen LogP contribution in [0.25, 0.3) is 10.9 Å².